The second-order valence-electron chi connectivity index (χ2n) is 3.65. The molecule has 0 aromatic rings. The molecule has 0 bridgehead atoms. The highest BCUT2D eigenvalue weighted by atomic mass is 35.6. The fourth-order valence-corrected chi connectivity index (χ4v) is 5.47. The van der Waals surface area contributed by atoms with Gasteiger partial charge in [0.15, 0.2) is 7.38 Å². The first-order valence-electron chi connectivity index (χ1n) is 4.85. The van der Waals surface area contributed by atoms with E-state index in [4.69, 9.17) is 11.1 Å². The molecule has 0 aromatic heterocycles. The van der Waals surface area contributed by atoms with E-state index in [0.717, 1.165) is 0 Å². The summed E-state index contributed by atoms with van der Waals surface area (Å²) in [5.41, 5.74) is 3.34. The number of hydrogen-bond acceptors (Lipinski definition) is 0. The Labute approximate surface area is 82.7 Å². The molecule has 0 nitrogen and oxygen atoms in total. The van der Waals surface area contributed by atoms with E-state index >= 15 is 0 Å². The van der Waals surface area contributed by atoms with Gasteiger partial charge in [-0.2, -0.15) is 11.1 Å². The molecule has 2 unspecified atom stereocenters. The van der Waals surface area contributed by atoms with Gasteiger partial charge in [0.25, 0.3) is 0 Å². The second-order valence-corrected chi connectivity index (χ2v) is 9.65. The minimum atomic E-state index is -1.69. The van der Waals surface area contributed by atoms with Gasteiger partial charge in [-0.3, -0.25) is 0 Å². The summed E-state index contributed by atoms with van der Waals surface area (Å²) in [7, 11) is -1.69. The molecule has 0 amide bonds. The molecule has 0 fully saturated rings. The van der Waals surface area contributed by atoms with Gasteiger partial charge < -0.3 is 0 Å². The lowest BCUT2D eigenvalue weighted by molar-refractivity contribution is 0.781. The number of hydrogen-bond donors (Lipinski definition) is 0. The van der Waals surface area contributed by atoms with Gasteiger partial charge in [-0.15, -0.1) is 6.58 Å². The van der Waals surface area contributed by atoms with E-state index in [1.165, 1.54) is 12.8 Å². The summed E-state index contributed by atoms with van der Waals surface area (Å²) >= 11 is 6.65. The predicted molar refractivity (Wildman–Crippen MR) is 61.2 cm³/mol. The molecule has 2 atom stereocenters. The van der Waals surface area contributed by atoms with E-state index in [-0.39, 0.29) is 0 Å². The Bertz CT molecular complexity index is 135. The third-order valence-electron chi connectivity index (χ3n) is 3.05. The predicted octanol–water partition coefficient (Wildman–Crippen LogP) is 4.50. The molecule has 0 rings (SSSR count). The van der Waals surface area contributed by atoms with Crippen LogP contribution in [0.4, 0.5) is 0 Å². The molecule has 0 aliphatic rings. The first-order valence-corrected chi connectivity index (χ1v) is 8.09. The van der Waals surface area contributed by atoms with Crippen molar-refractivity contribution in [3.8, 4) is 0 Å². The quantitative estimate of drug-likeness (QED) is 0.457. The zero-order valence-electron chi connectivity index (χ0n) is 8.73. The van der Waals surface area contributed by atoms with E-state index in [1.54, 1.807) is 0 Å². The topological polar surface area (TPSA) is 0 Å². The fraction of sp³-hybridized carbons (Fsp3) is 0.800. The summed E-state index contributed by atoms with van der Waals surface area (Å²) in [4.78, 5) is 0. The molecular weight excluding hydrogens is 184 g/mol. The second kappa shape index (κ2) is 5.08. The van der Waals surface area contributed by atoms with Crippen LogP contribution in [0.25, 0.3) is 0 Å². The summed E-state index contributed by atoms with van der Waals surface area (Å²) < 4.78 is 0. The molecule has 2 heteroatoms. The third-order valence-corrected chi connectivity index (χ3v) is 10.2. The molecule has 0 spiro atoms. The van der Waals surface area contributed by atoms with E-state index in [9.17, 15) is 0 Å². The largest absolute Gasteiger partial charge is 0.184 e. The average molecular weight is 205 g/mol. The Hall–Kier alpha value is 0.247. The molecule has 0 N–H and O–H groups in total. The van der Waals surface area contributed by atoms with E-state index in [2.05, 4.69) is 40.0 Å². The standard InChI is InChI=1S/C10H21ClSi/c1-6-9(4)12(11,8-3)10(5)7-2/h8-10H,3,6-7H2,1-2,4-5H3. The maximum absolute atomic E-state index is 6.65. The Morgan fingerprint density at radius 3 is 1.75 bits per heavy atom. The molecule has 0 saturated carbocycles. The Kier molecular flexibility index (Phi) is 5.18. The van der Waals surface area contributed by atoms with Crippen molar-refractivity contribution in [3.63, 3.8) is 0 Å². The first kappa shape index (κ1) is 12.2. The molecule has 0 radical (unpaired) electrons. The summed E-state index contributed by atoms with van der Waals surface area (Å²) in [6.45, 7) is 12.8. The summed E-state index contributed by atoms with van der Waals surface area (Å²) in [5, 5.41) is 0. The lowest BCUT2D eigenvalue weighted by Gasteiger charge is -2.32. The van der Waals surface area contributed by atoms with Gasteiger partial charge in [0.2, 0.25) is 0 Å². The van der Waals surface area contributed by atoms with Crippen molar-refractivity contribution in [2.45, 2.75) is 51.6 Å². The minimum Gasteiger partial charge on any atom is -0.161 e. The van der Waals surface area contributed by atoms with E-state index in [0.29, 0.717) is 11.1 Å². The van der Waals surface area contributed by atoms with Crippen molar-refractivity contribution in [2.24, 2.45) is 0 Å². The number of halogens is 1. The van der Waals surface area contributed by atoms with Gasteiger partial charge in [-0.25, -0.2) is 0 Å². The van der Waals surface area contributed by atoms with Crippen molar-refractivity contribution in [2.75, 3.05) is 0 Å². The van der Waals surface area contributed by atoms with Crippen LogP contribution in [0.3, 0.4) is 0 Å². The van der Waals surface area contributed by atoms with Crippen LogP contribution in [0.1, 0.15) is 40.5 Å². The highest BCUT2D eigenvalue weighted by molar-refractivity contribution is 7.24. The zero-order chi connectivity index (χ0) is 9.78. The molecular formula is C10H21ClSi. The smallest absolute Gasteiger partial charge is 0.161 e. The first-order chi connectivity index (χ1) is 5.52. The lowest BCUT2D eigenvalue weighted by Crippen LogP contribution is -2.34. The third kappa shape index (κ3) is 2.37. The van der Waals surface area contributed by atoms with Crippen molar-refractivity contribution < 1.29 is 0 Å². The zero-order valence-corrected chi connectivity index (χ0v) is 10.5. The van der Waals surface area contributed by atoms with Crippen LogP contribution in [0.2, 0.25) is 11.1 Å². The Balaban J connectivity index is 4.53. The molecule has 0 aromatic carbocycles. The highest BCUT2D eigenvalue weighted by Crippen LogP contribution is 2.40. The van der Waals surface area contributed by atoms with Crippen LogP contribution in [-0.2, 0) is 0 Å². The van der Waals surface area contributed by atoms with Crippen molar-refractivity contribution in [3.05, 3.63) is 12.3 Å². The average Bonchev–Trinajstić information content (AvgIpc) is 2.13. The van der Waals surface area contributed by atoms with Gasteiger partial charge >= 0.3 is 0 Å². The molecule has 72 valence electrons. The summed E-state index contributed by atoms with van der Waals surface area (Å²) in [5.74, 6) is 0. The van der Waals surface area contributed by atoms with Crippen molar-refractivity contribution in [1.29, 1.82) is 0 Å². The molecule has 0 saturated heterocycles. The van der Waals surface area contributed by atoms with Gasteiger partial charge in [-0.1, -0.05) is 46.2 Å². The van der Waals surface area contributed by atoms with Gasteiger partial charge in [0, 0.05) is 0 Å². The maximum atomic E-state index is 6.65. The van der Waals surface area contributed by atoms with Gasteiger partial charge in [0.1, 0.15) is 0 Å². The van der Waals surface area contributed by atoms with Gasteiger partial charge in [0.05, 0.1) is 0 Å². The molecule has 0 heterocycles. The molecule has 0 aliphatic carbocycles. The van der Waals surface area contributed by atoms with Crippen LogP contribution < -0.4 is 0 Å². The fourth-order valence-electron chi connectivity index (χ4n) is 1.51. The Morgan fingerprint density at radius 1 is 1.25 bits per heavy atom. The minimum absolute atomic E-state index is 0.645. The number of rotatable bonds is 5. The lowest BCUT2D eigenvalue weighted by atomic mass is 10.3. The van der Waals surface area contributed by atoms with Crippen LogP contribution in [0.5, 0.6) is 0 Å². The SMILES string of the molecule is C=C[Si](Cl)(C(C)CC)C(C)CC. The monoisotopic (exact) mass is 204 g/mol. The highest BCUT2D eigenvalue weighted by Gasteiger charge is 2.37. The van der Waals surface area contributed by atoms with Crippen molar-refractivity contribution in [1.82, 2.24) is 0 Å². The maximum Gasteiger partial charge on any atom is 0.184 e. The van der Waals surface area contributed by atoms with E-state index in [1.807, 2.05) is 0 Å². The van der Waals surface area contributed by atoms with Crippen LogP contribution >= 0.6 is 11.1 Å². The summed E-state index contributed by atoms with van der Waals surface area (Å²) in [6, 6.07) is 0. The van der Waals surface area contributed by atoms with Crippen LogP contribution in [0.15, 0.2) is 12.3 Å². The van der Waals surface area contributed by atoms with Gasteiger partial charge in [-0.05, 0) is 11.1 Å². The van der Waals surface area contributed by atoms with Crippen LogP contribution in [0, 0.1) is 0 Å². The van der Waals surface area contributed by atoms with E-state index < -0.39 is 7.38 Å². The molecule has 0 aliphatic heterocycles. The molecule has 12 heavy (non-hydrogen) atoms. The van der Waals surface area contributed by atoms with Crippen LogP contribution in [-0.4, -0.2) is 7.38 Å². The summed E-state index contributed by atoms with van der Waals surface area (Å²) in [6.07, 6.45) is 2.35. The normalized spacial score (nSPS) is 21.1. The van der Waals surface area contributed by atoms with Crippen molar-refractivity contribution >= 4 is 18.5 Å². The Morgan fingerprint density at radius 2 is 1.58 bits per heavy atom.